The number of nitrogens with one attached hydrogen (secondary N) is 1. The van der Waals surface area contributed by atoms with E-state index in [4.69, 9.17) is 4.74 Å². The molecule has 3 heterocycles. The summed E-state index contributed by atoms with van der Waals surface area (Å²) in [5.41, 5.74) is 1.71. The number of rotatable bonds is 7. The fourth-order valence-electron chi connectivity index (χ4n) is 3.92. The Morgan fingerprint density at radius 1 is 1.27 bits per heavy atom. The van der Waals surface area contributed by atoms with E-state index in [0.717, 1.165) is 24.2 Å². The Hall–Kier alpha value is -2.16. The van der Waals surface area contributed by atoms with Gasteiger partial charge in [0.2, 0.25) is 5.91 Å². The topological polar surface area (TPSA) is 75.7 Å². The molecule has 0 spiro atoms. The highest BCUT2D eigenvalue weighted by Crippen LogP contribution is 2.27. The Bertz CT molecular complexity index is 888. The van der Waals surface area contributed by atoms with Crippen LogP contribution in [0.3, 0.4) is 0 Å². The number of piperidine rings is 1. The van der Waals surface area contributed by atoms with E-state index in [-0.39, 0.29) is 30.3 Å². The van der Waals surface area contributed by atoms with Gasteiger partial charge in [0.05, 0.1) is 11.7 Å². The van der Waals surface area contributed by atoms with Crippen molar-refractivity contribution in [2.45, 2.75) is 36.8 Å². The number of thioether (sulfide) groups is 1. The molecule has 2 fully saturated rings. The van der Waals surface area contributed by atoms with Crippen LogP contribution < -0.4 is 5.32 Å². The summed E-state index contributed by atoms with van der Waals surface area (Å²) in [5.74, 6) is 0.664. The summed E-state index contributed by atoms with van der Waals surface area (Å²) in [6, 6.07) is 10.5. The van der Waals surface area contributed by atoms with Crippen molar-refractivity contribution in [1.29, 1.82) is 0 Å². The molecule has 2 unspecified atom stereocenters. The Balaban J connectivity index is 1.47. The second-order valence-electron chi connectivity index (χ2n) is 7.47. The maximum atomic E-state index is 13.4. The van der Waals surface area contributed by atoms with Crippen molar-refractivity contribution in [3.8, 4) is 0 Å². The molecule has 2 saturated heterocycles. The molecule has 0 radical (unpaired) electrons. The van der Waals surface area contributed by atoms with Crippen LogP contribution in [0.15, 0.2) is 47.2 Å². The number of Topliss-reactive ketones (excluding diaryl/α,β-unsaturated/α-hetero) is 1. The molecule has 30 heavy (non-hydrogen) atoms. The molecular weight excluding hydrogens is 420 g/mol. The van der Waals surface area contributed by atoms with Crippen LogP contribution in [0.5, 0.6) is 0 Å². The average molecular weight is 445 g/mol. The Morgan fingerprint density at radius 2 is 2.10 bits per heavy atom. The van der Waals surface area contributed by atoms with Crippen molar-refractivity contribution in [2.75, 3.05) is 18.9 Å². The summed E-state index contributed by atoms with van der Waals surface area (Å²) in [6.07, 6.45) is 1.36. The number of nitrogens with zero attached hydrogens (tertiary/aromatic N) is 1. The lowest BCUT2D eigenvalue weighted by Gasteiger charge is -2.37. The van der Waals surface area contributed by atoms with Crippen molar-refractivity contribution < 1.29 is 19.1 Å². The fraction of sp³-hybridized carbons (Fsp3) is 0.409. The van der Waals surface area contributed by atoms with E-state index in [1.807, 2.05) is 35.7 Å². The smallest absolute Gasteiger partial charge is 0.252 e. The lowest BCUT2D eigenvalue weighted by Crippen LogP contribution is -2.58. The summed E-state index contributed by atoms with van der Waals surface area (Å²) >= 11 is 3.03. The molecule has 1 aromatic carbocycles. The number of benzene rings is 1. The first-order chi connectivity index (χ1) is 14.6. The molecule has 8 heteroatoms. The first-order valence-electron chi connectivity index (χ1n) is 10.0. The molecule has 0 saturated carbocycles. The van der Waals surface area contributed by atoms with Gasteiger partial charge in [-0.05, 0) is 29.9 Å². The van der Waals surface area contributed by atoms with Crippen LogP contribution in [0.1, 0.15) is 28.8 Å². The monoisotopic (exact) mass is 444 g/mol. The summed E-state index contributed by atoms with van der Waals surface area (Å²) in [4.78, 5) is 40.1. The van der Waals surface area contributed by atoms with Gasteiger partial charge in [-0.1, -0.05) is 30.3 Å². The van der Waals surface area contributed by atoms with Gasteiger partial charge in [0.15, 0.2) is 5.78 Å². The standard InChI is InChI=1S/C22H24N2O4S2/c25-18-11-28-19-7-4-9-24(20(18)19)22(27)17(23-21(26)16-8-10-29-13-16)14-30-12-15-5-2-1-3-6-15/h1-3,5-6,8,10,13,17,19-20H,4,7,9,11-12,14H2,(H,23,26)/t17-,19?,20?/m0/s1. The number of hydrogen-bond acceptors (Lipinski definition) is 6. The molecule has 1 N–H and O–H groups in total. The van der Waals surface area contributed by atoms with Crippen LogP contribution in [-0.4, -0.2) is 59.6 Å². The fourth-order valence-corrected chi connectivity index (χ4v) is 5.56. The molecule has 3 atom stereocenters. The summed E-state index contributed by atoms with van der Waals surface area (Å²) in [7, 11) is 0. The van der Waals surface area contributed by atoms with Crippen molar-refractivity contribution in [3.63, 3.8) is 0 Å². The minimum absolute atomic E-state index is 0.0482. The maximum Gasteiger partial charge on any atom is 0.252 e. The van der Waals surface area contributed by atoms with Crippen LogP contribution in [0.2, 0.25) is 0 Å². The number of ether oxygens (including phenoxy) is 1. The molecule has 2 aromatic rings. The summed E-state index contributed by atoms with van der Waals surface area (Å²) < 4.78 is 5.57. The summed E-state index contributed by atoms with van der Waals surface area (Å²) in [6.45, 7) is 0.580. The van der Waals surface area contributed by atoms with E-state index in [9.17, 15) is 14.4 Å². The van der Waals surface area contributed by atoms with Crippen LogP contribution in [0.25, 0.3) is 0 Å². The predicted octanol–water partition coefficient (Wildman–Crippen LogP) is 2.74. The number of ketones is 1. The van der Waals surface area contributed by atoms with Crippen molar-refractivity contribution in [3.05, 3.63) is 58.3 Å². The largest absolute Gasteiger partial charge is 0.368 e. The SMILES string of the molecule is O=C(N[C@@H](CSCc1ccccc1)C(=O)N1CCCC2OCC(=O)C21)c1ccsc1. The van der Waals surface area contributed by atoms with Crippen molar-refractivity contribution >= 4 is 40.7 Å². The molecule has 2 aliphatic heterocycles. The third kappa shape index (κ3) is 4.77. The molecule has 6 nitrogen and oxygen atoms in total. The Kier molecular flexibility index (Phi) is 6.86. The molecular formula is C22H24N2O4S2. The van der Waals surface area contributed by atoms with Crippen molar-refractivity contribution in [1.82, 2.24) is 10.2 Å². The third-order valence-electron chi connectivity index (χ3n) is 5.41. The number of fused-ring (bicyclic) bond motifs is 1. The number of amides is 2. The Labute approximate surface area is 184 Å². The lowest BCUT2D eigenvalue weighted by molar-refractivity contribution is -0.141. The molecule has 0 bridgehead atoms. The lowest BCUT2D eigenvalue weighted by atomic mass is 9.97. The van der Waals surface area contributed by atoms with Crippen molar-refractivity contribution in [2.24, 2.45) is 0 Å². The number of likely N-dealkylation sites (tertiary alicyclic amines) is 1. The van der Waals surface area contributed by atoms with E-state index >= 15 is 0 Å². The van der Waals surface area contributed by atoms with Gasteiger partial charge in [0.1, 0.15) is 18.7 Å². The number of hydrogen-bond donors (Lipinski definition) is 1. The minimum atomic E-state index is -0.696. The van der Waals surface area contributed by atoms with Gasteiger partial charge in [-0.3, -0.25) is 14.4 Å². The van der Waals surface area contributed by atoms with Gasteiger partial charge >= 0.3 is 0 Å². The zero-order valence-corrected chi connectivity index (χ0v) is 18.1. The number of carbonyl (C=O) groups is 3. The molecule has 158 valence electrons. The van der Waals surface area contributed by atoms with Crippen LogP contribution in [0, 0.1) is 0 Å². The molecule has 2 aliphatic rings. The van der Waals surface area contributed by atoms with Crippen LogP contribution in [0.4, 0.5) is 0 Å². The normalized spacial score (nSPS) is 21.9. The highest BCUT2D eigenvalue weighted by molar-refractivity contribution is 7.98. The van der Waals surface area contributed by atoms with Gasteiger partial charge in [0.25, 0.3) is 5.91 Å². The predicted molar refractivity (Wildman–Crippen MR) is 118 cm³/mol. The number of thiophene rings is 1. The second kappa shape index (κ2) is 9.76. The van der Waals surface area contributed by atoms with E-state index in [1.165, 1.54) is 11.3 Å². The van der Waals surface area contributed by atoms with E-state index < -0.39 is 12.1 Å². The second-order valence-corrected chi connectivity index (χ2v) is 9.28. The average Bonchev–Trinajstić information content (AvgIpc) is 3.44. The van der Waals surface area contributed by atoms with E-state index in [2.05, 4.69) is 5.32 Å². The highest BCUT2D eigenvalue weighted by Gasteiger charge is 2.45. The zero-order valence-electron chi connectivity index (χ0n) is 16.5. The minimum Gasteiger partial charge on any atom is -0.368 e. The molecule has 2 amide bonds. The Morgan fingerprint density at radius 3 is 2.87 bits per heavy atom. The number of carbonyl (C=O) groups excluding carboxylic acids is 3. The first kappa shape index (κ1) is 21.1. The van der Waals surface area contributed by atoms with Gasteiger partial charge in [-0.25, -0.2) is 0 Å². The maximum absolute atomic E-state index is 13.4. The molecule has 4 rings (SSSR count). The molecule has 1 aromatic heterocycles. The highest BCUT2D eigenvalue weighted by atomic mass is 32.2. The van der Waals surface area contributed by atoms with Crippen LogP contribution >= 0.6 is 23.1 Å². The van der Waals surface area contributed by atoms with Gasteiger partial charge in [0, 0.05) is 23.4 Å². The van der Waals surface area contributed by atoms with E-state index in [1.54, 1.807) is 28.1 Å². The van der Waals surface area contributed by atoms with Gasteiger partial charge < -0.3 is 15.0 Å². The third-order valence-corrected chi connectivity index (χ3v) is 7.20. The quantitative estimate of drug-likeness (QED) is 0.711. The van der Waals surface area contributed by atoms with E-state index in [0.29, 0.717) is 17.9 Å². The first-order valence-corrected chi connectivity index (χ1v) is 12.1. The summed E-state index contributed by atoms with van der Waals surface area (Å²) in [5, 5.41) is 6.50. The van der Waals surface area contributed by atoms with Gasteiger partial charge in [-0.15, -0.1) is 0 Å². The zero-order chi connectivity index (χ0) is 20.9. The van der Waals surface area contributed by atoms with Gasteiger partial charge in [-0.2, -0.15) is 23.1 Å². The van der Waals surface area contributed by atoms with Crippen LogP contribution in [-0.2, 0) is 20.1 Å². The molecule has 0 aliphatic carbocycles.